The molecule has 0 saturated heterocycles. The topological polar surface area (TPSA) is 6.48 Å². The minimum Gasteiger partial charge on any atom is -0.342 e. The molecule has 0 atom stereocenters. The van der Waals surface area contributed by atoms with Gasteiger partial charge in [0.15, 0.2) is 0 Å². The zero-order valence-corrected chi connectivity index (χ0v) is 37.0. The smallest absolute Gasteiger partial charge is 0.247 e. The first kappa shape index (κ1) is 39.0. The third kappa shape index (κ3) is 7.39. The van der Waals surface area contributed by atoms with Gasteiger partial charge in [-0.1, -0.05) is 165 Å². The summed E-state index contributed by atoms with van der Waals surface area (Å²) in [6.45, 7) is 20.7. The molecule has 0 N–H and O–H groups in total. The van der Waals surface area contributed by atoms with Crippen molar-refractivity contribution in [1.29, 1.82) is 0 Å². The molecule has 0 bridgehead atoms. The fourth-order valence-corrected chi connectivity index (χ4v) is 10.7. The number of aryl methyl sites for hydroxylation is 6. The third-order valence-corrected chi connectivity index (χ3v) is 13.1. The van der Waals surface area contributed by atoms with Gasteiger partial charge >= 0.3 is 0 Å². The fraction of sp³-hybridized carbons (Fsp3) is 0.375. The van der Waals surface area contributed by atoms with Crippen LogP contribution < -0.4 is 42.6 Å². The second-order valence-electron chi connectivity index (χ2n) is 16.3. The van der Waals surface area contributed by atoms with Crippen LogP contribution in [0.25, 0.3) is 0 Å². The summed E-state index contributed by atoms with van der Waals surface area (Å²) in [7, 11) is 0. The summed E-state index contributed by atoms with van der Waals surface area (Å²) >= 11 is 7.86. The molecule has 7 rings (SSSR count). The maximum atomic E-state index is 3.93. The van der Waals surface area contributed by atoms with Crippen molar-refractivity contribution in [2.24, 2.45) is 0 Å². The molecular formula is C48H56B2Br2N2. The van der Waals surface area contributed by atoms with Crippen LogP contribution in [0.15, 0.2) is 81.7 Å². The van der Waals surface area contributed by atoms with Crippen molar-refractivity contribution in [3.05, 3.63) is 115 Å². The second kappa shape index (κ2) is 16.5. The first-order chi connectivity index (χ1) is 26.0. The van der Waals surface area contributed by atoms with E-state index in [0.717, 1.165) is 22.0 Å². The van der Waals surface area contributed by atoms with Crippen LogP contribution in [-0.4, -0.2) is 26.5 Å². The zero-order valence-electron chi connectivity index (χ0n) is 33.8. The number of unbranched alkanes of at least 4 members (excludes halogenated alkanes) is 6. The average Bonchev–Trinajstić information content (AvgIpc) is 3.11. The van der Waals surface area contributed by atoms with E-state index in [0.29, 0.717) is 0 Å². The molecule has 5 aromatic rings. The van der Waals surface area contributed by atoms with Crippen molar-refractivity contribution in [2.45, 2.75) is 107 Å². The molecular weight excluding hydrogens is 786 g/mol. The Balaban J connectivity index is 1.55. The van der Waals surface area contributed by atoms with Gasteiger partial charge in [0.1, 0.15) is 0 Å². The summed E-state index contributed by atoms with van der Waals surface area (Å²) in [6.07, 6.45) is 9.86. The number of nitrogens with zero attached hydrogens (tertiary/aromatic N) is 2. The lowest BCUT2D eigenvalue weighted by molar-refractivity contribution is 0.668. The molecule has 0 saturated carbocycles. The Labute approximate surface area is 343 Å². The predicted molar refractivity (Wildman–Crippen MR) is 248 cm³/mol. The first-order valence-corrected chi connectivity index (χ1v) is 22.1. The van der Waals surface area contributed by atoms with E-state index in [-0.39, 0.29) is 13.4 Å². The van der Waals surface area contributed by atoms with Crippen LogP contribution in [0.2, 0.25) is 0 Å². The van der Waals surface area contributed by atoms with E-state index in [1.165, 1.54) is 140 Å². The molecule has 2 nitrogen and oxygen atoms in total. The molecule has 0 aromatic heterocycles. The summed E-state index contributed by atoms with van der Waals surface area (Å²) in [5, 5.41) is 0. The number of halogens is 2. The van der Waals surface area contributed by atoms with Crippen LogP contribution in [0.1, 0.15) is 98.6 Å². The van der Waals surface area contributed by atoms with E-state index >= 15 is 0 Å². The molecule has 0 radical (unpaired) electrons. The van der Waals surface area contributed by atoms with Gasteiger partial charge in [-0.3, -0.25) is 0 Å². The number of anilines is 4. The quantitative estimate of drug-likeness (QED) is 0.0912. The van der Waals surface area contributed by atoms with Crippen LogP contribution in [0, 0.1) is 41.5 Å². The van der Waals surface area contributed by atoms with Crippen molar-refractivity contribution in [2.75, 3.05) is 22.9 Å². The number of hydrogen-bond acceptors (Lipinski definition) is 2. The maximum Gasteiger partial charge on any atom is 0.247 e. The van der Waals surface area contributed by atoms with E-state index in [2.05, 4.69) is 170 Å². The fourth-order valence-electron chi connectivity index (χ4n) is 9.93. The minimum absolute atomic E-state index is 0.125. The van der Waals surface area contributed by atoms with E-state index in [9.17, 15) is 0 Å². The number of hydrogen-bond donors (Lipinski definition) is 0. The Morgan fingerprint density at radius 2 is 0.778 bits per heavy atom. The lowest BCUT2D eigenvalue weighted by Gasteiger charge is -2.43. The van der Waals surface area contributed by atoms with Gasteiger partial charge in [0.25, 0.3) is 0 Å². The largest absolute Gasteiger partial charge is 0.342 e. The zero-order chi connectivity index (χ0) is 38.3. The molecule has 2 aliphatic rings. The van der Waals surface area contributed by atoms with E-state index < -0.39 is 0 Å². The van der Waals surface area contributed by atoms with Gasteiger partial charge in [-0.25, -0.2) is 0 Å². The van der Waals surface area contributed by atoms with Crippen molar-refractivity contribution in [3.8, 4) is 0 Å². The summed E-state index contributed by atoms with van der Waals surface area (Å²) < 4.78 is 2.28. The Bertz CT molecular complexity index is 1990. The van der Waals surface area contributed by atoms with Gasteiger partial charge in [-0.05, 0) is 113 Å². The second-order valence-corrected chi connectivity index (χ2v) is 18.1. The standard InChI is InChI=1S/C48H56B2Br2N2/c1-9-11-13-15-21-53-43-19-17-37(51)27-39(43)49(47-33(5)23-31(3)24-34(47)6)41-30-46-42(29-45(41)53)50(48-35(7)25-32(4)26-36(48)8)40-28-38(52)18-20-44(40)54(46)22-16-14-12-10-2/h17-20,23-30H,9-16,21-22H2,1-8H3. The monoisotopic (exact) mass is 840 g/mol. The van der Waals surface area contributed by atoms with E-state index in [1.807, 2.05) is 0 Å². The van der Waals surface area contributed by atoms with Crippen molar-refractivity contribution >= 4 is 101 Å². The van der Waals surface area contributed by atoms with Crippen molar-refractivity contribution in [1.82, 2.24) is 0 Å². The van der Waals surface area contributed by atoms with Crippen LogP contribution in [-0.2, 0) is 0 Å². The average molecular weight is 842 g/mol. The molecule has 278 valence electrons. The molecule has 0 aliphatic carbocycles. The van der Waals surface area contributed by atoms with E-state index in [4.69, 9.17) is 0 Å². The SMILES string of the molecule is CCCCCCN1c2ccc(Br)cc2B(c2c(C)cc(C)cc2C)c2cc3c(cc21)B(c1c(C)cc(C)cc1C)c1cc(Br)ccc1N3CCCCCC. The Morgan fingerprint density at radius 3 is 1.13 bits per heavy atom. The maximum absolute atomic E-state index is 3.93. The molecule has 0 unspecified atom stereocenters. The Morgan fingerprint density at radius 1 is 0.426 bits per heavy atom. The van der Waals surface area contributed by atoms with Crippen molar-refractivity contribution < 1.29 is 0 Å². The van der Waals surface area contributed by atoms with Gasteiger partial charge in [0.05, 0.1) is 0 Å². The third-order valence-electron chi connectivity index (χ3n) is 12.1. The van der Waals surface area contributed by atoms with E-state index in [1.54, 1.807) is 0 Å². The van der Waals surface area contributed by atoms with Gasteiger partial charge < -0.3 is 9.80 Å². The Hall–Kier alpha value is -3.21. The summed E-state index contributed by atoms with van der Waals surface area (Å²) in [5.41, 5.74) is 22.2. The number of benzene rings is 5. The van der Waals surface area contributed by atoms with Crippen molar-refractivity contribution in [3.63, 3.8) is 0 Å². The van der Waals surface area contributed by atoms with Crippen LogP contribution >= 0.6 is 31.9 Å². The highest BCUT2D eigenvalue weighted by atomic mass is 79.9. The molecule has 0 spiro atoms. The summed E-state index contributed by atoms with van der Waals surface area (Å²) in [4.78, 5) is 5.38. The molecule has 5 aromatic carbocycles. The summed E-state index contributed by atoms with van der Waals surface area (Å²) in [6, 6.07) is 28.9. The highest BCUT2D eigenvalue weighted by molar-refractivity contribution is 9.10. The van der Waals surface area contributed by atoms with Crippen LogP contribution in [0.5, 0.6) is 0 Å². The lowest BCUT2D eigenvalue weighted by atomic mass is 9.31. The highest BCUT2D eigenvalue weighted by Crippen LogP contribution is 2.36. The molecule has 6 heteroatoms. The molecule has 54 heavy (non-hydrogen) atoms. The normalized spacial score (nSPS) is 13.2. The molecule has 2 aliphatic heterocycles. The molecule has 2 heterocycles. The molecule has 0 fully saturated rings. The van der Waals surface area contributed by atoms with Gasteiger partial charge in [-0.15, -0.1) is 0 Å². The molecule has 0 amide bonds. The highest BCUT2D eigenvalue weighted by Gasteiger charge is 2.42. The van der Waals surface area contributed by atoms with Gasteiger partial charge in [0.2, 0.25) is 13.4 Å². The minimum atomic E-state index is 0.125. The predicted octanol–water partition coefficient (Wildman–Crippen LogP) is 10.2. The summed E-state index contributed by atoms with van der Waals surface area (Å²) in [5.74, 6) is 0. The number of rotatable bonds is 12. The first-order valence-electron chi connectivity index (χ1n) is 20.5. The Kier molecular flexibility index (Phi) is 11.9. The van der Waals surface area contributed by atoms with Crippen LogP contribution in [0.3, 0.4) is 0 Å². The van der Waals surface area contributed by atoms with Gasteiger partial charge in [-0.2, -0.15) is 0 Å². The lowest BCUT2D eigenvalue weighted by Crippen LogP contribution is -2.63. The van der Waals surface area contributed by atoms with Gasteiger partial charge in [0, 0.05) is 44.8 Å². The van der Waals surface area contributed by atoms with Crippen LogP contribution in [0.4, 0.5) is 22.7 Å². The number of fused-ring (bicyclic) bond motifs is 4.